The Morgan fingerprint density at radius 2 is 2.05 bits per heavy atom. The van der Waals surface area contributed by atoms with E-state index in [1.807, 2.05) is 0 Å². The van der Waals surface area contributed by atoms with Crippen LogP contribution in [-0.2, 0) is 14.8 Å². The molecule has 22 heavy (non-hydrogen) atoms. The third-order valence-corrected chi connectivity index (χ3v) is 5.89. The SMILES string of the molecule is CO[C@H](CNS(=O)(=O)c1ccc(F)c(Cl)c1)c1ccc(Cl)s1. The van der Waals surface area contributed by atoms with Crippen molar-refractivity contribution in [1.29, 1.82) is 0 Å². The molecule has 2 aromatic rings. The van der Waals surface area contributed by atoms with Crippen molar-refractivity contribution in [2.24, 2.45) is 0 Å². The predicted octanol–water partition coefficient (Wildman–Crippen LogP) is 3.86. The standard InChI is InChI=1S/C13H12Cl2FNO3S2/c1-20-11(12-4-5-13(15)21-12)7-17-22(18,19)8-2-3-10(16)9(14)6-8/h2-6,11,17H,7H2,1H3/t11-/m1/s1. The molecule has 0 saturated carbocycles. The summed E-state index contributed by atoms with van der Waals surface area (Å²) in [5.41, 5.74) is 0. The zero-order valence-corrected chi connectivity index (χ0v) is 14.5. The minimum atomic E-state index is -3.82. The largest absolute Gasteiger partial charge is 0.375 e. The van der Waals surface area contributed by atoms with Gasteiger partial charge in [0.15, 0.2) is 0 Å². The maximum Gasteiger partial charge on any atom is 0.240 e. The zero-order chi connectivity index (χ0) is 16.3. The monoisotopic (exact) mass is 383 g/mol. The Morgan fingerprint density at radius 3 is 2.59 bits per heavy atom. The summed E-state index contributed by atoms with van der Waals surface area (Å²) in [4.78, 5) is 0.685. The van der Waals surface area contributed by atoms with Crippen molar-refractivity contribution >= 4 is 44.6 Å². The lowest BCUT2D eigenvalue weighted by molar-refractivity contribution is 0.110. The molecule has 1 atom stereocenters. The molecule has 0 amide bonds. The Bertz CT molecular complexity index is 764. The fraction of sp³-hybridized carbons (Fsp3) is 0.231. The van der Waals surface area contributed by atoms with E-state index in [9.17, 15) is 12.8 Å². The van der Waals surface area contributed by atoms with E-state index in [-0.39, 0.29) is 16.5 Å². The Balaban J connectivity index is 2.12. The molecule has 0 aliphatic heterocycles. The van der Waals surface area contributed by atoms with Gasteiger partial charge >= 0.3 is 0 Å². The molecule has 0 unspecified atom stereocenters. The molecule has 0 radical (unpaired) electrons. The van der Waals surface area contributed by atoms with Gasteiger partial charge in [0.25, 0.3) is 0 Å². The molecule has 120 valence electrons. The first-order valence-corrected chi connectivity index (χ1v) is 9.12. The van der Waals surface area contributed by atoms with Gasteiger partial charge in [-0.1, -0.05) is 23.2 Å². The maximum absolute atomic E-state index is 13.1. The third kappa shape index (κ3) is 4.18. The molecular weight excluding hydrogens is 372 g/mol. The van der Waals surface area contributed by atoms with Crippen LogP contribution in [0.1, 0.15) is 11.0 Å². The van der Waals surface area contributed by atoms with Crippen LogP contribution in [-0.4, -0.2) is 22.1 Å². The number of methoxy groups -OCH3 is 1. The van der Waals surface area contributed by atoms with Gasteiger partial charge in [0.1, 0.15) is 11.9 Å². The topological polar surface area (TPSA) is 55.4 Å². The Labute approximate surface area is 141 Å². The van der Waals surface area contributed by atoms with Gasteiger partial charge < -0.3 is 4.74 Å². The van der Waals surface area contributed by atoms with Crippen molar-refractivity contribution in [3.05, 3.63) is 50.4 Å². The lowest BCUT2D eigenvalue weighted by atomic mass is 10.3. The van der Waals surface area contributed by atoms with E-state index < -0.39 is 21.9 Å². The summed E-state index contributed by atoms with van der Waals surface area (Å²) in [5, 5.41) is -0.254. The van der Waals surface area contributed by atoms with Crippen LogP contribution in [0.2, 0.25) is 9.36 Å². The maximum atomic E-state index is 13.1. The normalized spacial score (nSPS) is 13.3. The number of hydrogen-bond acceptors (Lipinski definition) is 4. The minimum Gasteiger partial charge on any atom is -0.375 e. The van der Waals surface area contributed by atoms with Crippen LogP contribution in [0.4, 0.5) is 4.39 Å². The summed E-state index contributed by atoms with van der Waals surface area (Å²) < 4.78 is 45.7. The van der Waals surface area contributed by atoms with E-state index in [0.29, 0.717) is 4.34 Å². The second-order valence-corrected chi connectivity index (χ2v) is 8.21. The van der Waals surface area contributed by atoms with Crippen LogP contribution < -0.4 is 4.72 Å². The number of sulfonamides is 1. The van der Waals surface area contributed by atoms with Crippen LogP contribution >= 0.6 is 34.5 Å². The third-order valence-electron chi connectivity index (χ3n) is 2.86. The first-order valence-electron chi connectivity index (χ1n) is 6.06. The highest BCUT2D eigenvalue weighted by Crippen LogP contribution is 2.28. The number of nitrogens with one attached hydrogen (secondary N) is 1. The number of thiophene rings is 1. The predicted molar refractivity (Wildman–Crippen MR) is 85.7 cm³/mol. The summed E-state index contributed by atoms with van der Waals surface area (Å²) in [6.45, 7) is 0.0185. The van der Waals surface area contributed by atoms with E-state index in [1.54, 1.807) is 12.1 Å². The van der Waals surface area contributed by atoms with Crippen LogP contribution in [0.15, 0.2) is 35.2 Å². The van der Waals surface area contributed by atoms with Crippen molar-refractivity contribution < 1.29 is 17.5 Å². The molecule has 0 aliphatic carbocycles. The molecule has 1 N–H and O–H groups in total. The molecule has 0 aliphatic rings. The van der Waals surface area contributed by atoms with Crippen molar-refractivity contribution in [1.82, 2.24) is 4.72 Å². The van der Waals surface area contributed by atoms with E-state index in [1.165, 1.54) is 18.4 Å². The van der Waals surface area contributed by atoms with Gasteiger partial charge in [0.05, 0.1) is 14.3 Å². The van der Waals surface area contributed by atoms with Gasteiger partial charge in [0, 0.05) is 18.5 Å². The molecule has 2 rings (SSSR count). The number of rotatable bonds is 6. The molecule has 9 heteroatoms. The fourth-order valence-corrected chi connectivity index (χ4v) is 4.16. The van der Waals surface area contributed by atoms with Crippen LogP contribution in [0, 0.1) is 5.82 Å². The molecule has 1 aromatic carbocycles. The highest BCUT2D eigenvalue weighted by molar-refractivity contribution is 7.89. The van der Waals surface area contributed by atoms with Gasteiger partial charge in [-0.15, -0.1) is 11.3 Å². The molecule has 0 bridgehead atoms. The Morgan fingerprint density at radius 1 is 1.32 bits per heavy atom. The fourth-order valence-electron chi connectivity index (χ4n) is 1.71. The number of ether oxygens (including phenoxy) is 1. The minimum absolute atomic E-state index is 0.0185. The summed E-state index contributed by atoms with van der Waals surface area (Å²) in [6, 6.07) is 6.69. The lowest BCUT2D eigenvalue weighted by Gasteiger charge is -2.15. The summed E-state index contributed by atoms with van der Waals surface area (Å²) in [5.74, 6) is -0.677. The summed E-state index contributed by atoms with van der Waals surface area (Å²) in [7, 11) is -2.34. The molecule has 1 aromatic heterocycles. The first kappa shape index (κ1) is 17.7. The molecule has 0 spiro atoms. The average Bonchev–Trinajstić information content (AvgIpc) is 2.89. The van der Waals surface area contributed by atoms with Crippen LogP contribution in [0.5, 0.6) is 0 Å². The van der Waals surface area contributed by atoms with Crippen LogP contribution in [0.25, 0.3) is 0 Å². The molecular formula is C13H12Cl2FNO3S2. The first-order chi connectivity index (χ1) is 10.3. The second kappa shape index (κ2) is 7.25. The van der Waals surface area contributed by atoms with Crippen molar-refractivity contribution in [3.63, 3.8) is 0 Å². The van der Waals surface area contributed by atoms with Gasteiger partial charge in [0.2, 0.25) is 10.0 Å². The van der Waals surface area contributed by atoms with E-state index >= 15 is 0 Å². The van der Waals surface area contributed by atoms with E-state index in [0.717, 1.165) is 23.1 Å². The van der Waals surface area contributed by atoms with Gasteiger partial charge in [-0.3, -0.25) is 0 Å². The molecule has 0 saturated heterocycles. The summed E-state index contributed by atoms with van der Waals surface area (Å²) >= 11 is 12.8. The van der Waals surface area contributed by atoms with Crippen molar-refractivity contribution in [2.45, 2.75) is 11.0 Å². The van der Waals surface area contributed by atoms with Crippen LogP contribution in [0.3, 0.4) is 0 Å². The smallest absolute Gasteiger partial charge is 0.240 e. The molecule has 1 heterocycles. The van der Waals surface area contributed by atoms with Gasteiger partial charge in [-0.2, -0.15) is 0 Å². The number of benzene rings is 1. The highest BCUT2D eigenvalue weighted by Gasteiger charge is 2.20. The lowest BCUT2D eigenvalue weighted by Crippen LogP contribution is -2.29. The van der Waals surface area contributed by atoms with Gasteiger partial charge in [-0.25, -0.2) is 17.5 Å². The number of hydrogen-bond donors (Lipinski definition) is 1. The van der Waals surface area contributed by atoms with Crippen molar-refractivity contribution in [3.8, 4) is 0 Å². The molecule has 4 nitrogen and oxygen atoms in total. The second-order valence-electron chi connectivity index (χ2n) is 4.29. The highest BCUT2D eigenvalue weighted by atomic mass is 35.5. The summed E-state index contributed by atoms with van der Waals surface area (Å²) in [6.07, 6.45) is -0.469. The van der Waals surface area contributed by atoms with Gasteiger partial charge in [-0.05, 0) is 30.3 Å². The van der Waals surface area contributed by atoms with Crippen molar-refractivity contribution in [2.75, 3.05) is 13.7 Å². The Hall–Kier alpha value is -0.700. The van der Waals surface area contributed by atoms with E-state index in [4.69, 9.17) is 27.9 Å². The number of halogens is 3. The zero-order valence-electron chi connectivity index (χ0n) is 11.3. The molecule has 0 fully saturated rings. The quantitative estimate of drug-likeness (QED) is 0.823. The average molecular weight is 384 g/mol. The van der Waals surface area contributed by atoms with E-state index in [2.05, 4.69) is 4.72 Å². The Kier molecular flexibility index (Phi) is 5.81.